The highest BCUT2D eigenvalue weighted by Crippen LogP contribution is 2.18. The summed E-state index contributed by atoms with van der Waals surface area (Å²) in [6.45, 7) is 7.39. The molecule has 6 nitrogen and oxygen atoms in total. The van der Waals surface area contributed by atoms with Gasteiger partial charge in [-0.25, -0.2) is 4.98 Å². The second-order valence-electron chi connectivity index (χ2n) is 5.53. The molecular weight excluding hydrogens is 278 g/mol. The smallest absolute Gasteiger partial charge is 0.191 e. The Morgan fingerprint density at radius 1 is 1.41 bits per heavy atom. The highest BCUT2D eigenvalue weighted by Gasteiger charge is 2.20. The Hall–Kier alpha value is -1.82. The van der Waals surface area contributed by atoms with Crippen LogP contribution in [0.1, 0.15) is 25.5 Å². The molecule has 1 fully saturated rings. The quantitative estimate of drug-likeness (QED) is 0.557. The summed E-state index contributed by atoms with van der Waals surface area (Å²) in [4.78, 5) is 11.3. The fourth-order valence-corrected chi connectivity index (χ4v) is 2.63. The Morgan fingerprint density at radius 3 is 2.82 bits per heavy atom. The van der Waals surface area contributed by atoms with E-state index in [1.165, 1.54) is 0 Å². The van der Waals surface area contributed by atoms with Crippen LogP contribution in [-0.4, -0.2) is 54.9 Å². The molecule has 2 rings (SSSR count). The minimum atomic E-state index is 0.0774. The van der Waals surface area contributed by atoms with Crippen molar-refractivity contribution in [2.45, 2.75) is 32.7 Å². The van der Waals surface area contributed by atoms with Crippen LogP contribution < -0.4 is 15.5 Å². The summed E-state index contributed by atoms with van der Waals surface area (Å²) in [6, 6.07) is 6.58. The number of aliphatic hydroxyl groups is 1. The van der Waals surface area contributed by atoms with Gasteiger partial charge in [-0.1, -0.05) is 6.07 Å². The number of guanidine groups is 1. The van der Waals surface area contributed by atoms with Crippen molar-refractivity contribution in [2.75, 3.05) is 37.7 Å². The maximum Gasteiger partial charge on any atom is 0.191 e. The van der Waals surface area contributed by atoms with Crippen LogP contribution in [0.5, 0.6) is 0 Å². The van der Waals surface area contributed by atoms with Gasteiger partial charge in [-0.15, -0.1) is 0 Å². The first-order chi connectivity index (χ1) is 10.7. The van der Waals surface area contributed by atoms with Gasteiger partial charge in [-0.05, 0) is 38.8 Å². The Kier molecular flexibility index (Phi) is 6.45. The summed E-state index contributed by atoms with van der Waals surface area (Å²) in [5, 5.41) is 15.6. The van der Waals surface area contributed by atoms with Crippen LogP contribution in [-0.2, 0) is 0 Å². The molecule has 2 heterocycles. The molecule has 0 amide bonds. The summed E-state index contributed by atoms with van der Waals surface area (Å²) < 4.78 is 0. The zero-order valence-electron chi connectivity index (χ0n) is 13.5. The molecule has 1 aliphatic rings. The van der Waals surface area contributed by atoms with Crippen molar-refractivity contribution < 1.29 is 5.11 Å². The predicted molar refractivity (Wildman–Crippen MR) is 90.4 cm³/mol. The van der Waals surface area contributed by atoms with Gasteiger partial charge in [0.05, 0.1) is 13.2 Å². The molecule has 0 bridgehead atoms. The average molecular weight is 305 g/mol. The van der Waals surface area contributed by atoms with Crippen LogP contribution in [0.2, 0.25) is 0 Å². The fraction of sp³-hybridized carbons (Fsp3) is 0.625. The van der Waals surface area contributed by atoms with Crippen molar-refractivity contribution >= 4 is 11.8 Å². The lowest BCUT2D eigenvalue weighted by Gasteiger charge is -2.34. The fourth-order valence-electron chi connectivity index (χ4n) is 2.63. The zero-order chi connectivity index (χ0) is 15.8. The van der Waals surface area contributed by atoms with Gasteiger partial charge in [0.15, 0.2) is 5.96 Å². The third kappa shape index (κ3) is 4.87. The second kappa shape index (κ2) is 8.58. The molecule has 0 aliphatic carbocycles. The summed E-state index contributed by atoms with van der Waals surface area (Å²) >= 11 is 0. The SMILES string of the molecule is CCNC(=NCCO)NC1CCN(c2cccc(C)n2)CC1. The summed E-state index contributed by atoms with van der Waals surface area (Å²) in [7, 11) is 0. The van der Waals surface area contributed by atoms with E-state index in [9.17, 15) is 0 Å². The molecule has 122 valence electrons. The number of aromatic nitrogens is 1. The Labute approximate surface area is 132 Å². The van der Waals surface area contributed by atoms with E-state index >= 15 is 0 Å². The van der Waals surface area contributed by atoms with Gasteiger partial charge in [0.1, 0.15) is 5.82 Å². The van der Waals surface area contributed by atoms with Crippen LogP contribution in [0.25, 0.3) is 0 Å². The molecule has 0 aromatic carbocycles. The number of hydrogen-bond donors (Lipinski definition) is 3. The number of aryl methyl sites for hydroxylation is 1. The van der Waals surface area contributed by atoms with Gasteiger partial charge in [-0.2, -0.15) is 0 Å². The first-order valence-corrected chi connectivity index (χ1v) is 8.07. The third-order valence-electron chi connectivity index (χ3n) is 3.75. The number of hydrogen-bond acceptors (Lipinski definition) is 4. The number of piperidine rings is 1. The largest absolute Gasteiger partial charge is 0.394 e. The molecule has 0 radical (unpaired) electrons. The monoisotopic (exact) mass is 305 g/mol. The van der Waals surface area contributed by atoms with Crippen molar-refractivity contribution in [1.29, 1.82) is 0 Å². The Bertz CT molecular complexity index is 483. The normalized spacial score (nSPS) is 16.7. The van der Waals surface area contributed by atoms with Gasteiger partial charge in [0.25, 0.3) is 0 Å². The van der Waals surface area contributed by atoms with Crippen molar-refractivity contribution in [3.8, 4) is 0 Å². The molecule has 0 saturated carbocycles. The van der Waals surface area contributed by atoms with Gasteiger partial charge in [-0.3, -0.25) is 4.99 Å². The van der Waals surface area contributed by atoms with E-state index in [0.717, 1.165) is 49.9 Å². The van der Waals surface area contributed by atoms with E-state index in [0.29, 0.717) is 12.6 Å². The van der Waals surface area contributed by atoms with E-state index in [1.807, 2.05) is 19.9 Å². The van der Waals surface area contributed by atoms with Crippen molar-refractivity contribution in [3.63, 3.8) is 0 Å². The minimum absolute atomic E-state index is 0.0774. The third-order valence-corrected chi connectivity index (χ3v) is 3.75. The van der Waals surface area contributed by atoms with E-state index in [-0.39, 0.29) is 6.61 Å². The van der Waals surface area contributed by atoms with Crippen LogP contribution in [0, 0.1) is 6.92 Å². The van der Waals surface area contributed by atoms with E-state index in [4.69, 9.17) is 5.11 Å². The van der Waals surface area contributed by atoms with Gasteiger partial charge in [0.2, 0.25) is 0 Å². The number of aliphatic hydroxyl groups excluding tert-OH is 1. The van der Waals surface area contributed by atoms with Crippen LogP contribution in [0.3, 0.4) is 0 Å². The van der Waals surface area contributed by atoms with Crippen molar-refractivity contribution in [3.05, 3.63) is 23.9 Å². The Morgan fingerprint density at radius 2 is 2.18 bits per heavy atom. The number of rotatable bonds is 5. The van der Waals surface area contributed by atoms with Crippen LogP contribution in [0.4, 0.5) is 5.82 Å². The second-order valence-corrected chi connectivity index (χ2v) is 5.53. The van der Waals surface area contributed by atoms with E-state index in [2.05, 4.69) is 37.6 Å². The summed E-state index contributed by atoms with van der Waals surface area (Å²) in [6.07, 6.45) is 2.11. The molecule has 1 aromatic rings. The van der Waals surface area contributed by atoms with Crippen molar-refractivity contribution in [2.24, 2.45) is 4.99 Å². The number of nitrogens with one attached hydrogen (secondary N) is 2. The standard InChI is InChI=1S/C16H27N5O/c1-3-17-16(18-9-12-22)20-14-7-10-21(11-8-14)15-6-4-5-13(2)19-15/h4-6,14,22H,3,7-12H2,1-2H3,(H2,17,18,20). The molecular formula is C16H27N5O. The molecule has 22 heavy (non-hydrogen) atoms. The average Bonchev–Trinajstić information content (AvgIpc) is 2.53. The predicted octanol–water partition coefficient (Wildman–Crippen LogP) is 0.906. The molecule has 0 spiro atoms. The highest BCUT2D eigenvalue weighted by molar-refractivity contribution is 5.80. The summed E-state index contributed by atoms with van der Waals surface area (Å²) in [5.74, 6) is 1.86. The minimum Gasteiger partial charge on any atom is -0.394 e. The molecule has 1 aliphatic heterocycles. The molecule has 1 saturated heterocycles. The lowest BCUT2D eigenvalue weighted by atomic mass is 10.1. The van der Waals surface area contributed by atoms with Crippen LogP contribution >= 0.6 is 0 Å². The lowest BCUT2D eigenvalue weighted by Crippen LogP contribution is -2.49. The van der Waals surface area contributed by atoms with E-state index < -0.39 is 0 Å². The zero-order valence-corrected chi connectivity index (χ0v) is 13.5. The topological polar surface area (TPSA) is 72.8 Å². The first kappa shape index (κ1) is 16.5. The number of pyridine rings is 1. The Balaban J connectivity index is 1.86. The number of nitrogens with zero attached hydrogens (tertiary/aromatic N) is 3. The van der Waals surface area contributed by atoms with Crippen LogP contribution in [0.15, 0.2) is 23.2 Å². The maximum atomic E-state index is 8.90. The number of aliphatic imine (C=N–C) groups is 1. The van der Waals surface area contributed by atoms with Gasteiger partial charge < -0.3 is 20.6 Å². The van der Waals surface area contributed by atoms with E-state index in [1.54, 1.807) is 0 Å². The summed E-state index contributed by atoms with van der Waals surface area (Å²) in [5.41, 5.74) is 1.06. The first-order valence-electron chi connectivity index (χ1n) is 8.07. The molecule has 3 N–H and O–H groups in total. The van der Waals surface area contributed by atoms with Gasteiger partial charge in [0, 0.05) is 31.4 Å². The maximum absolute atomic E-state index is 8.90. The number of anilines is 1. The molecule has 1 aromatic heterocycles. The highest BCUT2D eigenvalue weighted by atomic mass is 16.3. The molecule has 0 unspecified atom stereocenters. The molecule has 0 atom stereocenters. The van der Waals surface area contributed by atoms with Gasteiger partial charge >= 0.3 is 0 Å². The van der Waals surface area contributed by atoms with Crippen molar-refractivity contribution in [1.82, 2.24) is 15.6 Å². The lowest BCUT2D eigenvalue weighted by molar-refractivity contribution is 0.306. The molecule has 6 heteroatoms.